The standard InChI is InChI=1S/C14H14FNO/c1-10(11-2-4-12(15)5-3-11)16-13-6-8-14(17)9-7-13/h2-10,16-17H,1H3. The lowest BCUT2D eigenvalue weighted by atomic mass is 10.1. The fourth-order valence-corrected chi connectivity index (χ4v) is 1.64. The van der Waals surface area contributed by atoms with Crippen LogP contribution in [0.4, 0.5) is 10.1 Å². The molecule has 0 radical (unpaired) electrons. The van der Waals surface area contributed by atoms with Gasteiger partial charge in [-0.15, -0.1) is 0 Å². The summed E-state index contributed by atoms with van der Waals surface area (Å²) >= 11 is 0. The van der Waals surface area contributed by atoms with Crippen molar-refractivity contribution in [2.24, 2.45) is 0 Å². The van der Waals surface area contributed by atoms with E-state index in [1.807, 2.05) is 6.92 Å². The van der Waals surface area contributed by atoms with Gasteiger partial charge >= 0.3 is 0 Å². The van der Waals surface area contributed by atoms with Crippen LogP contribution in [-0.2, 0) is 0 Å². The minimum atomic E-state index is -0.231. The fourth-order valence-electron chi connectivity index (χ4n) is 1.64. The Morgan fingerprint density at radius 1 is 1.00 bits per heavy atom. The van der Waals surface area contributed by atoms with Gasteiger partial charge in [0.15, 0.2) is 0 Å². The van der Waals surface area contributed by atoms with E-state index in [0.29, 0.717) is 0 Å². The van der Waals surface area contributed by atoms with Gasteiger partial charge in [0.05, 0.1) is 0 Å². The largest absolute Gasteiger partial charge is 0.508 e. The number of phenolic OH excluding ortho intramolecular Hbond substituents is 1. The highest BCUT2D eigenvalue weighted by atomic mass is 19.1. The number of nitrogens with one attached hydrogen (secondary N) is 1. The molecule has 0 aliphatic rings. The number of halogens is 1. The van der Waals surface area contributed by atoms with Crippen LogP contribution in [-0.4, -0.2) is 5.11 Å². The van der Waals surface area contributed by atoms with E-state index in [4.69, 9.17) is 5.11 Å². The number of rotatable bonds is 3. The summed E-state index contributed by atoms with van der Waals surface area (Å²) < 4.78 is 12.8. The molecule has 0 heterocycles. The van der Waals surface area contributed by atoms with Gasteiger partial charge in [-0.2, -0.15) is 0 Å². The fraction of sp³-hybridized carbons (Fsp3) is 0.143. The van der Waals surface area contributed by atoms with Crippen LogP contribution in [0.15, 0.2) is 48.5 Å². The lowest BCUT2D eigenvalue weighted by Crippen LogP contribution is -2.06. The van der Waals surface area contributed by atoms with Crippen LogP contribution < -0.4 is 5.32 Å². The van der Waals surface area contributed by atoms with Crippen molar-refractivity contribution in [3.63, 3.8) is 0 Å². The highest BCUT2D eigenvalue weighted by molar-refractivity contribution is 5.47. The van der Waals surface area contributed by atoms with Gasteiger partial charge in [-0.1, -0.05) is 12.1 Å². The average molecular weight is 231 g/mol. The van der Waals surface area contributed by atoms with E-state index >= 15 is 0 Å². The van der Waals surface area contributed by atoms with E-state index in [-0.39, 0.29) is 17.6 Å². The normalized spacial score (nSPS) is 12.1. The van der Waals surface area contributed by atoms with Gasteiger partial charge in [-0.3, -0.25) is 0 Å². The quantitative estimate of drug-likeness (QED) is 0.789. The molecule has 2 aromatic carbocycles. The van der Waals surface area contributed by atoms with Gasteiger partial charge in [0.25, 0.3) is 0 Å². The van der Waals surface area contributed by atoms with Crippen molar-refractivity contribution in [1.82, 2.24) is 0 Å². The molecule has 1 unspecified atom stereocenters. The number of aromatic hydroxyl groups is 1. The third-order valence-corrected chi connectivity index (χ3v) is 2.62. The first-order valence-electron chi connectivity index (χ1n) is 5.46. The molecule has 0 fully saturated rings. The lowest BCUT2D eigenvalue weighted by molar-refractivity contribution is 0.475. The van der Waals surface area contributed by atoms with Crippen LogP contribution >= 0.6 is 0 Å². The molecule has 1 atom stereocenters. The van der Waals surface area contributed by atoms with Gasteiger partial charge in [0.1, 0.15) is 11.6 Å². The molecule has 2 nitrogen and oxygen atoms in total. The third kappa shape index (κ3) is 2.97. The molecule has 0 aromatic heterocycles. The molecule has 0 saturated carbocycles. The van der Waals surface area contributed by atoms with Gasteiger partial charge in [-0.25, -0.2) is 4.39 Å². The van der Waals surface area contributed by atoms with Crippen molar-refractivity contribution in [3.05, 3.63) is 59.9 Å². The van der Waals surface area contributed by atoms with E-state index < -0.39 is 0 Å². The third-order valence-electron chi connectivity index (χ3n) is 2.62. The second-order valence-corrected chi connectivity index (χ2v) is 3.96. The first kappa shape index (κ1) is 11.5. The zero-order valence-electron chi connectivity index (χ0n) is 9.52. The van der Waals surface area contributed by atoms with E-state index in [1.165, 1.54) is 12.1 Å². The molecule has 0 bridgehead atoms. The molecule has 2 aromatic rings. The predicted molar refractivity (Wildman–Crippen MR) is 66.5 cm³/mol. The minimum Gasteiger partial charge on any atom is -0.508 e. The Hall–Kier alpha value is -2.03. The summed E-state index contributed by atoms with van der Waals surface area (Å²) in [5, 5.41) is 12.4. The van der Waals surface area contributed by atoms with Crippen LogP contribution in [0, 0.1) is 5.82 Å². The van der Waals surface area contributed by atoms with E-state index in [1.54, 1.807) is 36.4 Å². The second kappa shape index (κ2) is 4.87. The maximum atomic E-state index is 12.8. The summed E-state index contributed by atoms with van der Waals surface area (Å²) in [6.45, 7) is 2.00. The zero-order valence-corrected chi connectivity index (χ0v) is 9.52. The van der Waals surface area contributed by atoms with E-state index in [0.717, 1.165) is 11.3 Å². The van der Waals surface area contributed by atoms with Crippen molar-refractivity contribution < 1.29 is 9.50 Å². The summed E-state index contributed by atoms with van der Waals surface area (Å²) in [6.07, 6.45) is 0. The summed E-state index contributed by atoms with van der Waals surface area (Å²) in [7, 11) is 0. The number of hydrogen-bond donors (Lipinski definition) is 2. The Morgan fingerprint density at radius 3 is 2.18 bits per heavy atom. The number of benzene rings is 2. The molecular weight excluding hydrogens is 217 g/mol. The van der Waals surface area contributed by atoms with Gasteiger partial charge < -0.3 is 10.4 Å². The maximum absolute atomic E-state index is 12.8. The molecule has 0 aliphatic heterocycles. The first-order chi connectivity index (χ1) is 8.15. The molecule has 0 aliphatic carbocycles. The van der Waals surface area contributed by atoms with E-state index in [9.17, 15) is 4.39 Å². The molecule has 88 valence electrons. The Bertz CT molecular complexity index is 479. The molecule has 2 rings (SSSR count). The molecule has 0 amide bonds. The summed E-state index contributed by atoms with van der Waals surface area (Å²) in [5.41, 5.74) is 1.93. The minimum absolute atomic E-state index is 0.0835. The van der Waals surface area contributed by atoms with E-state index in [2.05, 4.69) is 5.32 Å². The van der Waals surface area contributed by atoms with Crippen LogP contribution in [0.25, 0.3) is 0 Å². The number of hydrogen-bond acceptors (Lipinski definition) is 2. The van der Waals surface area contributed by atoms with Crippen molar-refractivity contribution in [2.75, 3.05) is 5.32 Å². The Balaban J connectivity index is 2.08. The molecular formula is C14H14FNO. The van der Waals surface area contributed by atoms with Crippen molar-refractivity contribution >= 4 is 5.69 Å². The smallest absolute Gasteiger partial charge is 0.123 e. The zero-order chi connectivity index (χ0) is 12.3. The Morgan fingerprint density at radius 2 is 1.59 bits per heavy atom. The van der Waals surface area contributed by atoms with Gasteiger partial charge in [-0.05, 0) is 48.9 Å². The second-order valence-electron chi connectivity index (χ2n) is 3.96. The Labute approximate surface area is 99.7 Å². The molecule has 17 heavy (non-hydrogen) atoms. The highest BCUT2D eigenvalue weighted by Gasteiger charge is 2.05. The maximum Gasteiger partial charge on any atom is 0.123 e. The lowest BCUT2D eigenvalue weighted by Gasteiger charge is -2.15. The number of phenols is 1. The molecule has 0 saturated heterocycles. The molecule has 2 N–H and O–H groups in total. The van der Waals surface area contributed by atoms with Crippen LogP contribution in [0.1, 0.15) is 18.5 Å². The topological polar surface area (TPSA) is 32.3 Å². The monoisotopic (exact) mass is 231 g/mol. The van der Waals surface area contributed by atoms with Gasteiger partial charge in [0, 0.05) is 11.7 Å². The SMILES string of the molecule is CC(Nc1ccc(O)cc1)c1ccc(F)cc1. The van der Waals surface area contributed by atoms with Crippen LogP contribution in [0.5, 0.6) is 5.75 Å². The number of anilines is 1. The first-order valence-corrected chi connectivity index (χ1v) is 5.46. The Kier molecular flexibility index (Phi) is 3.28. The van der Waals surface area contributed by atoms with Crippen molar-refractivity contribution in [2.45, 2.75) is 13.0 Å². The molecule has 3 heteroatoms. The van der Waals surface area contributed by atoms with Gasteiger partial charge in [0.2, 0.25) is 0 Å². The predicted octanol–water partition coefficient (Wildman–Crippen LogP) is 3.70. The van der Waals surface area contributed by atoms with Crippen molar-refractivity contribution in [1.29, 1.82) is 0 Å². The van der Waals surface area contributed by atoms with Crippen molar-refractivity contribution in [3.8, 4) is 5.75 Å². The highest BCUT2D eigenvalue weighted by Crippen LogP contribution is 2.21. The summed E-state index contributed by atoms with van der Waals surface area (Å²) in [5.74, 6) is 0.00979. The molecule has 0 spiro atoms. The van der Waals surface area contributed by atoms with Crippen LogP contribution in [0.3, 0.4) is 0 Å². The van der Waals surface area contributed by atoms with Crippen LogP contribution in [0.2, 0.25) is 0 Å². The average Bonchev–Trinajstić information content (AvgIpc) is 2.33. The summed E-state index contributed by atoms with van der Waals surface area (Å²) in [6, 6.07) is 13.3. The summed E-state index contributed by atoms with van der Waals surface area (Å²) in [4.78, 5) is 0.